The molecular formula is C5H5N2O2-. The predicted molar refractivity (Wildman–Crippen MR) is 27.7 cm³/mol. The average Bonchev–Trinajstić information content (AvgIpc) is 2.13. The SMILES string of the molecule is Cc1[nH]cnc1C(=O)[O-]. The van der Waals surface area contributed by atoms with Crippen LogP contribution in [0.3, 0.4) is 0 Å². The minimum Gasteiger partial charge on any atom is -0.543 e. The lowest BCUT2D eigenvalue weighted by Gasteiger charge is -1.95. The number of hydrogen-bond donors (Lipinski definition) is 1. The van der Waals surface area contributed by atoms with Gasteiger partial charge in [0.2, 0.25) is 0 Å². The molecule has 0 aliphatic rings. The number of aromatic carboxylic acids is 1. The average molecular weight is 125 g/mol. The molecule has 0 aromatic carbocycles. The molecule has 1 N–H and O–H groups in total. The minimum atomic E-state index is -1.24. The van der Waals surface area contributed by atoms with Crippen LogP contribution in [0.15, 0.2) is 6.33 Å². The number of carboxylic acid groups (broad SMARTS) is 1. The maximum Gasteiger partial charge on any atom is 0.106 e. The molecule has 0 unspecified atom stereocenters. The zero-order valence-corrected chi connectivity index (χ0v) is 4.84. The van der Waals surface area contributed by atoms with E-state index in [1.165, 1.54) is 6.33 Å². The number of hydrogen-bond acceptors (Lipinski definition) is 3. The van der Waals surface area contributed by atoms with E-state index in [0.717, 1.165) is 0 Å². The van der Waals surface area contributed by atoms with Crippen LogP contribution < -0.4 is 5.11 Å². The van der Waals surface area contributed by atoms with Crippen LogP contribution in [0.5, 0.6) is 0 Å². The Morgan fingerprint density at radius 2 is 2.56 bits per heavy atom. The van der Waals surface area contributed by atoms with E-state index in [1.807, 2.05) is 0 Å². The van der Waals surface area contributed by atoms with Gasteiger partial charge in [-0.1, -0.05) is 0 Å². The molecule has 0 atom stereocenters. The summed E-state index contributed by atoms with van der Waals surface area (Å²) in [6, 6.07) is 0. The van der Waals surface area contributed by atoms with Crippen molar-refractivity contribution in [2.24, 2.45) is 0 Å². The van der Waals surface area contributed by atoms with Gasteiger partial charge in [0.25, 0.3) is 0 Å². The fourth-order valence-corrected chi connectivity index (χ4v) is 0.565. The van der Waals surface area contributed by atoms with Crippen molar-refractivity contribution in [3.63, 3.8) is 0 Å². The van der Waals surface area contributed by atoms with Crippen LogP contribution >= 0.6 is 0 Å². The number of carbonyl (C=O) groups is 1. The van der Waals surface area contributed by atoms with Crippen LogP contribution in [0.1, 0.15) is 16.2 Å². The van der Waals surface area contributed by atoms with Gasteiger partial charge in [0, 0.05) is 5.69 Å². The molecule has 1 heterocycles. The van der Waals surface area contributed by atoms with Gasteiger partial charge >= 0.3 is 0 Å². The van der Waals surface area contributed by atoms with E-state index in [0.29, 0.717) is 5.69 Å². The number of nitrogens with zero attached hydrogens (tertiary/aromatic N) is 1. The van der Waals surface area contributed by atoms with Crippen molar-refractivity contribution in [2.75, 3.05) is 0 Å². The first kappa shape index (κ1) is 5.81. The Morgan fingerprint density at radius 3 is 2.78 bits per heavy atom. The second kappa shape index (κ2) is 1.89. The molecule has 0 bridgehead atoms. The van der Waals surface area contributed by atoms with Crippen LogP contribution in [0, 0.1) is 6.92 Å². The molecule has 48 valence electrons. The van der Waals surface area contributed by atoms with Gasteiger partial charge in [-0.05, 0) is 6.92 Å². The lowest BCUT2D eigenvalue weighted by molar-refractivity contribution is -0.255. The maximum absolute atomic E-state index is 10.1. The molecule has 0 spiro atoms. The van der Waals surface area contributed by atoms with Gasteiger partial charge in [-0.15, -0.1) is 0 Å². The summed E-state index contributed by atoms with van der Waals surface area (Å²) in [5.74, 6) is -1.24. The summed E-state index contributed by atoms with van der Waals surface area (Å²) in [7, 11) is 0. The van der Waals surface area contributed by atoms with Gasteiger partial charge in [-0.2, -0.15) is 0 Å². The fraction of sp³-hybridized carbons (Fsp3) is 0.200. The van der Waals surface area contributed by atoms with Gasteiger partial charge in [-0.25, -0.2) is 4.98 Å². The highest BCUT2D eigenvalue weighted by molar-refractivity contribution is 5.84. The van der Waals surface area contributed by atoms with Crippen molar-refractivity contribution in [3.8, 4) is 0 Å². The van der Waals surface area contributed by atoms with Crippen LogP contribution in [-0.4, -0.2) is 15.9 Å². The minimum absolute atomic E-state index is 0.0185. The number of H-pyrrole nitrogens is 1. The van der Waals surface area contributed by atoms with Crippen LogP contribution in [0.25, 0.3) is 0 Å². The van der Waals surface area contributed by atoms with Gasteiger partial charge in [0.15, 0.2) is 0 Å². The number of aromatic amines is 1. The molecule has 0 fully saturated rings. The largest absolute Gasteiger partial charge is 0.543 e. The summed E-state index contributed by atoms with van der Waals surface area (Å²) in [6.45, 7) is 1.62. The monoisotopic (exact) mass is 125 g/mol. The molecule has 9 heavy (non-hydrogen) atoms. The smallest absolute Gasteiger partial charge is 0.106 e. The van der Waals surface area contributed by atoms with Gasteiger partial charge in [-0.3, -0.25) is 0 Å². The first-order valence-corrected chi connectivity index (χ1v) is 2.43. The van der Waals surface area contributed by atoms with Crippen molar-refractivity contribution in [1.82, 2.24) is 9.97 Å². The van der Waals surface area contributed by atoms with Crippen LogP contribution in [0.4, 0.5) is 0 Å². The van der Waals surface area contributed by atoms with Crippen molar-refractivity contribution < 1.29 is 9.90 Å². The second-order valence-electron chi connectivity index (χ2n) is 1.66. The van der Waals surface area contributed by atoms with E-state index in [-0.39, 0.29) is 5.69 Å². The molecule has 1 rings (SSSR count). The summed E-state index contributed by atoms with van der Waals surface area (Å²) < 4.78 is 0. The zero-order chi connectivity index (χ0) is 6.85. The molecule has 0 radical (unpaired) electrons. The van der Waals surface area contributed by atoms with E-state index in [2.05, 4.69) is 9.97 Å². The van der Waals surface area contributed by atoms with Gasteiger partial charge < -0.3 is 14.9 Å². The maximum atomic E-state index is 10.1. The van der Waals surface area contributed by atoms with Crippen molar-refractivity contribution >= 4 is 5.97 Å². The zero-order valence-electron chi connectivity index (χ0n) is 4.84. The van der Waals surface area contributed by atoms with Gasteiger partial charge in [0.1, 0.15) is 5.69 Å². The summed E-state index contributed by atoms with van der Waals surface area (Å²) in [5.41, 5.74) is 0.505. The summed E-state index contributed by atoms with van der Waals surface area (Å²) in [6.07, 6.45) is 1.32. The molecule has 1 aromatic heterocycles. The normalized spacial score (nSPS) is 9.44. The Balaban J connectivity index is 3.08. The van der Waals surface area contributed by atoms with Crippen molar-refractivity contribution in [2.45, 2.75) is 6.92 Å². The number of carboxylic acids is 1. The summed E-state index contributed by atoms with van der Waals surface area (Å²) >= 11 is 0. The van der Waals surface area contributed by atoms with E-state index >= 15 is 0 Å². The summed E-state index contributed by atoms with van der Waals surface area (Å²) in [5, 5.41) is 10.1. The molecule has 0 saturated heterocycles. The molecule has 0 aliphatic heterocycles. The topological polar surface area (TPSA) is 68.8 Å². The number of aryl methyl sites for hydroxylation is 1. The van der Waals surface area contributed by atoms with E-state index in [4.69, 9.17) is 0 Å². The second-order valence-corrected chi connectivity index (χ2v) is 1.66. The Bertz CT molecular complexity index is 229. The Morgan fingerprint density at radius 1 is 1.89 bits per heavy atom. The summed E-state index contributed by atoms with van der Waals surface area (Å²) in [4.78, 5) is 16.2. The van der Waals surface area contributed by atoms with Crippen molar-refractivity contribution in [3.05, 3.63) is 17.7 Å². The first-order valence-electron chi connectivity index (χ1n) is 2.43. The lowest BCUT2D eigenvalue weighted by atomic mass is 10.4. The van der Waals surface area contributed by atoms with E-state index < -0.39 is 5.97 Å². The highest BCUT2D eigenvalue weighted by Gasteiger charge is 1.98. The number of imidazole rings is 1. The third-order valence-corrected chi connectivity index (χ3v) is 1.02. The van der Waals surface area contributed by atoms with E-state index in [9.17, 15) is 9.90 Å². The fourth-order valence-electron chi connectivity index (χ4n) is 0.565. The van der Waals surface area contributed by atoms with Crippen LogP contribution in [0.2, 0.25) is 0 Å². The number of nitrogens with one attached hydrogen (secondary N) is 1. The molecule has 4 heteroatoms. The van der Waals surface area contributed by atoms with Gasteiger partial charge in [0.05, 0.1) is 12.3 Å². The number of rotatable bonds is 1. The van der Waals surface area contributed by atoms with E-state index in [1.54, 1.807) is 6.92 Å². The van der Waals surface area contributed by atoms with Crippen LogP contribution in [-0.2, 0) is 0 Å². The lowest BCUT2D eigenvalue weighted by Crippen LogP contribution is -2.23. The Hall–Kier alpha value is -1.32. The number of carbonyl (C=O) groups excluding carboxylic acids is 1. The standard InChI is InChI=1S/C5H6N2O2/c1-3-4(5(8)9)7-2-6-3/h2H,1H3,(H,6,7)(H,8,9)/p-1. The predicted octanol–water partition coefficient (Wildman–Crippen LogP) is -0.918. The highest BCUT2D eigenvalue weighted by Crippen LogP contribution is 1.96. The first-order chi connectivity index (χ1) is 4.22. The van der Waals surface area contributed by atoms with Crippen molar-refractivity contribution in [1.29, 1.82) is 0 Å². The molecular weight excluding hydrogens is 120 g/mol. The molecule has 0 saturated carbocycles. The Labute approximate surface area is 51.5 Å². The third kappa shape index (κ3) is 0.910. The molecule has 0 aliphatic carbocycles. The quantitative estimate of drug-likeness (QED) is 0.527. The number of aromatic nitrogens is 2. The molecule has 1 aromatic rings. The Kier molecular flexibility index (Phi) is 1.22. The highest BCUT2D eigenvalue weighted by atomic mass is 16.4. The molecule has 4 nitrogen and oxygen atoms in total. The molecule has 0 amide bonds. The third-order valence-electron chi connectivity index (χ3n) is 1.02.